The zero-order chi connectivity index (χ0) is 13.9. The molecule has 0 heterocycles. The van der Waals surface area contributed by atoms with Crippen molar-refractivity contribution in [2.24, 2.45) is 0 Å². The molecule has 2 aromatic rings. The average molecular weight is 266 g/mol. The van der Waals surface area contributed by atoms with Crippen LogP contribution < -0.4 is 11.1 Å². The molecule has 104 valence electrons. The zero-order valence-corrected chi connectivity index (χ0v) is 12.0. The van der Waals surface area contributed by atoms with Gasteiger partial charge in [0.1, 0.15) is 0 Å². The molecule has 1 unspecified atom stereocenters. The van der Waals surface area contributed by atoms with E-state index in [1.807, 2.05) is 6.07 Å². The van der Waals surface area contributed by atoms with E-state index in [-0.39, 0.29) is 0 Å². The molecule has 2 heteroatoms. The second kappa shape index (κ2) is 5.68. The monoisotopic (exact) mass is 266 g/mol. The number of anilines is 1. The van der Waals surface area contributed by atoms with Crippen molar-refractivity contribution >= 4 is 5.69 Å². The molecule has 0 amide bonds. The molecule has 2 aromatic carbocycles. The van der Waals surface area contributed by atoms with Crippen LogP contribution in [0.1, 0.15) is 34.7 Å². The van der Waals surface area contributed by atoms with Gasteiger partial charge in [0.05, 0.1) is 0 Å². The molecule has 1 aliphatic rings. The van der Waals surface area contributed by atoms with Crippen LogP contribution in [0.2, 0.25) is 0 Å². The van der Waals surface area contributed by atoms with Gasteiger partial charge in [-0.3, -0.25) is 0 Å². The van der Waals surface area contributed by atoms with Crippen LogP contribution in [0.25, 0.3) is 0 Å². The number of nitrogen functional groups attached to an aromatic ring is 1. The maximum absolute atomic E-state index is 5.85. The molecule has 20 heavy (non-hydrogen) atoms. The Morgan fingerprint density at radius 2 is 2.05 bits per heavy atom. The molecular weight excluding hydrogens is 244 g/mol. The van der Waals surface area contributed by atoms with Gasteiger partial charge in [-0.15, -0.1) is 0 Å². The van der Waals surface area contributed by atoms with Crippen LogP contribution >= 0.6 is 0 Å². The van der Waals surface area contributed by atoms with E-state index in [9.17, 15) is 0 Å². The third kappa shape index (κ3) is 2.70. The Hall–Kier alpha value is -1.80. The van der Waals surface area contributed by atoms with Crippen molar-refractivity contribution in [1.29, 1.82) is 0 Å². The summed E-state index contributed by atoms with van der Waals surface area (Å²) in [5.41, 5.74) is 12.4. The Balaban J connectivity index is 1.60. The lowest BCUT2D eigenvalue weighted by atomic mass is 10.0. The number of aryl methyl sites for hydroxylation is 2. The summed E-state index contributed by atoms with van der Waals surface area (Å²) in [6, 6.07) is 15.4. The molecule has 0 fully saturated rings. The van der Waals surface area contributed by atoms with Gasteiger partial charge < -0.3 is 11.1 Å². The number of hydrogen-bond acceptors (Lipinski definition) is 2. The van der Waals surface area contributed by atoms with Gasteiger partial charge in [0, 0.05) is 11.7 Å². The summed E-state index contributed by atoms with van der Waals surface area (Å²) in [4.78, 5) is 0. The lowest BCUT2D eigenvalue weighted by Crippen LogP contribution is -2.22. The summed E-state index contributed by atoms with van der Waals surface area (Å²) in [6.07, 6.45) is 3.42. The van der Waals surface area contributed by atoms with Gasteiger partial charge in [-0.05, 0) is 67.1 Å². The highest BCUT2D eigenvalue weighted by Crippen LogP contribution is 2.32. The maximum atomic E-state index is 5.85. The summed E-state index contributed by atoms with van der Waals surface area (Å²) in [7, 11) is 0. The van der Waals surface area contributed by atoms with Crippen LogP contribution in [0.4, 0.5) is 5.69 Å². The molecule has 1 atom stereocenters. The molecule has 0 aromatic heterocycles. The van der Waals surface area contributed by atoms with Crippen molar-refractivity contribution in [3.8, 4) is 0 Å². The van der Waals surface area contributed by atoms with Crippen molar-refractivity contribution < 1.29 is 0 Å². The van der Waals surface area contributed by atoms with Crippen LogP contribution in [0.5, 0.6) is 0 Å². The first-order valence-corrected chi connectivity index (χ1v) is 7.40. The minimum Gasteiger partial charge on any atom is -0.399 e. The van der Waals surface area contributed by atoms with Crippen LogP contribution in [0.15, 0.2) is 42.5 Å². The van der Waals surface area contributed by atoms with Crippen molar-refractivity contribution in [2.45, 2.75) is 32.2 Å². The third-order valence-corrected chi connectivity index (χ3v) is 4.29. The number of rotatable bonds is 4. The Morgan fingerprint density at radius 1 is 1.20 bits per heavy atom. The summed E-state index contributed by atoms with van der Waals surface area (Å²) in [5.74, 6) is 0. The van der Waals surface area contributed by atoms with Crippen LogP contribution in [0, 0.1) is 6.92 Å². The van der Waals surface area contributed by atoms with E-state index in [1.54, 1.807) is 0 Å². The second-order valence-electron chi connectivity index (χ2n) is 5.68. The molecule has 0 spiro atoms. The molecule has 0 radical (unpaired) electrons. The summed E-state index contributed by atoms with van der Waals surface area (Å²) >= 11 is 0. The van der Waals surface area contributed by atoms with E-state index < -0.39 is 0 Å². The fourth-order valence-electron chi connectivity index (χ4n) is 3.12. The SMILES string of the molecule is Cc1ccccc1CCNC1CCc2cc(N)ccc21. The van der Waals surface area contributed by atoms with E-state index >= 15 is 0 Å². The van der Waals surface area contributed by atoms with Gasteiger partial charge >= 0.3 is 0 Å². The molecule has 1 aliphatic carbocycles. The Kier molecular flexibility index (Phi) is 3.75. The molecule has 2 nitrogen and oxygen atoms in total. The normalized spacial score (nSPS) is 17.1. The molecule has 0 bridgehead atoms. The van der Waals surface area contributed by atoms with Crippen molar-refractivity contribution in [1.82, 2.24) is 5.32 Å². The number of nitrogens with two attached hydrogens (primary N) is 1. The summed E-state index contributed by atoms with van der Waals surface area (Å²) in [5, 5.41) is 3.69. The first kappa shape index (κ1) is 13.2. The van der Waals surface area contributed by atoms with Gasteiger partial charge in [-0.2, -0.15) is 0 Å². The Morgan fingerprint density at radius 3 is 2.90 bits per heavy atom. The van der Waals surface area contributed by atoms with Gasteiger partial charge in [-0.25, -0.2) is 0 Å². The van der Waals surface area contributed by atoms with E-state index in [0.29, 0.717) is 6.04 Å². The fourth-order valence-corrected chi connectivity index (χ4v) is 3.12. The fraction of sp³-hybridized carbons (Fsp3) is 0.333. The molecule has 0 saturated carbocycles. The standard InChI is InChI=1S/C18H22N2/c1-13-4-2-3-5-14(13)10-11-20-18-9-6-15-12-16(19)7-8-17(15)18/h2-5,7-8,12,18,20H,6,9-11,19H2,1H3. The van der Waals surface area contributed by atoms with Crippen molar-refractivity contribution in [2.75, 3.05) is 12.3 Å². The van der Waals surface area contributed by atoms with Gasteiger partial charge in [0.15, 0.2) is 0 Å². The van der Waals surface area contributed by atoms with E-state index in [2.05, 4.69) is 48.6 Å². The largest absolute Gasteiger partial charge is 0.399 e. The minimum absolute atomic E-state index is 0.495. The molecular formula is C18H22N2. The quantitative estimate of drug-likeness (QED) is 0.832. The maximum Gasteiger partial charge on any atom is 0.0326 e. The number of benzene rings is 2. The van der Waals surface area contributed by atoms with E-state index in [1.165, 1.54) is 28.7 Å². The van der Waals surface area contributed by atoms with E-state index in [4.69, 9.17) is 5.73 Å². The summed E-state index contributed by atoms with van der Waals surface area (Å²) in [6.45, 7) is 3.21. The topological polar surface area (TPSA) is 38.0 Å². The highest BCUT2D eigenvalue weighted by atomic mass is 14.9. The average Bonchev–Trinajstić information content (AvgIpc) is 2.83. The summed E-state index contributed by atoms with van der Waals surface area (Å²) < 4.78 is 0. The Labute approximate surface area is 121 Å². The molecule has 3 N–H and O–H groups in total. The first-order valence-electron chi connectivity index (χ1n) is 7.40. The van der Waals surface area contributed by atoms with Crippen LogP contribution in [-0.2, 0) is 12.8 Å². The molecule has 0 aliphatic heterocycles. The van der Waals surface area contributed by atoms with Crippen LogP contribution in [0.3, 0.4) is 0 Å². The number of hydrogen-bond donors (Lipinski definition) is 2. The van der Waals surface area contributed by atoms with Gasteiger partial charge in [0.25, 0.3) is 0 Å². The lowest BCUT2D eigenvalue weighted by Gasteiger charge is -2.15. The first-order chi connectivity index (χ1) is 9.74. The van der Waals surface area contributed by atoms with Crippen LogP contribution in [-0.4, -0.2) is 6.54 Å². The predicted molar refractivity (Wildman–Crippen MR) is 84.8 cm³/mol. The lowest BCUT2D eigenvalue weighted by molar-refractivity contribution is 0.533. The number of fused-ring (bicyclic) bond motifs is 1. The minimum atomic E-state index is 0.495. The zero-order valence-electron chi connectivity index (χ0n) is 12.0. The predicted octanol–water partition coefficient (Wildman–Crippen LogP) is 3.40. The highest BCUT2D eigenvalue weighted by Gasteiger charge is 2.21. The Bertz CT molecular complexity index is 604. The third-order valence-electron chi connectivity index (χ3n) is 4.29. The second-order valence-corrected chi connectivity index (χ2v) is 5.68. The number of nitrogens with one attached hydrogen (secondary N) is 1. The highest BCUT2D eigenvalue weighted by molar-refractivity contribution is 5.47. The molecule has 0 saturated heterocycles. The smallest absolute Gasteiger partial charge is 0.0326 e. The van der Waals surface area contributed by atoms with Gasteiger partial charge in [0.2, 0.25) is 0 Å². The van der Waals surface area contributed by atoms with Crippen molar-refractivity contribution in [3.63, 3.8) is 0 Å². The van der Waals surface area contributed by atoms with Gasteiger partial charge in [-0.1, -0.05) is 30.3 Å². The molecule has 3 rings (SSSR count). The van der Waals surface area contributed by atoms with E-state index in [0.717, 1.165) is 25.1 Å². The van der Waals surface area contributed by atoms with Crippen molar-refractivity contribution in [3.05, 3.63) is 64.7 Å².